The molecule has 0 fully saturated rings. The van der Waals surface area contributed by atoms with E-state index in [4.69, 9.17) is 0 Å². The number of rotatable bonds is 5. The predicted molar refractivity (Wildman–Crippen MR) is 81.7 cm³/mol. The fraction of sp³-hybridized carbons (Fsp3) is 0.438. The Morgan fingerprint density at radius 2 is 1.89 bits per heavy atom. The van der Waals surface area contributed by atoms with Crippen LogP contribution in [0.2, 0.25) is 0 Å². The largest absolute Gasteiger partial charge is 0.369 e. The first kappa shape index (κ1) is 13.7. The minimum atomic E-state index is -0.0309. The van der Waals surface area contributed by atoms with Gasteiger partial charge in [0.1, 0.15) is 5.82 Å². The van der Waals surface area contributed by atoms with Gasteiger partial charge in [-0.1, -0.05) is 32.0 Å². The summed E-state index contributed by atoms with van der Waals surface area (Å²) in [5.41, 5.74) is -0.0309. The molecule has 102 valence electrons. The second-order valence-corrected chi connectivity index (χ2v) is 5.62. The first-order chi connectivity index (χ1) is 9.06. The van der Waals surface area contributed by atoms with Crippen molar-refractivity contribution in [2.75, 3.05) is 5.32 Å². The van der Waals surface area contributed by atoms with Crippen molar-refractivity contribution in [3.05, 3.63) is 40.7 Å². The Balaban J connectivity index is 2.15. The van der Waals surface area contributed by atoms with Crippen LogP contribution in [0.4, 0.5) is 5.82 Å². The van der Waals surface area contributed by atoms with Crippen molar-refractivity contribution in [1.29, 1.82) is 0 Å². The monoisotopic (exact) mass is 258 g/mol. The molecule has 0 spiro atoms. The van der Waals surface area contributed by atoms with E-state index in [9.17, 15) is 4.79 Å². The first-order valence-corrected chi connectivity index (χ1v) is 6.95. The molecule has 0 amide bonds. The van der Waals surface area contributed by atoms with E-state index >= 15 is 0 Å². The summed E-state index contributed by atoms with van der Waals surface area (Å²) in [7, 11) is 0. The van der Waals surface area contributed by atoms with Gasteiger partial charge < -0.3 is 10.3 Å². The lowest BCUT2D eigenvalue weighted by molar-refractivity contribution is 0.527. The van der Waals surface area contributed by atoms with E-state index in [1.54, 1.807) is 0 Å². The zero-order chi connectivity index (χ0) is 13.8. The summed E-state index contributed by atoms with van der Waals surface area (Å²) in [6, 6.07) is 10.0. The quantitative estimate of drug-likeness (QED) is 0.857. The Labute approximate surface area is 114 Å². The number of aromatic nitrogens is 1. The van der Waals surface area contributed by atoms with Crippen LogP contribution >= 0.6 is 0 Å². The lowest BCUT2D eigenvalue weighted by atomic mass is 10.0. The number of aromatic amines is 1. The molecule has 19 heavy (non-hydrogen) atoms. The third-order valence-electron chi connectivity index (χ3n) is 3.33. The van der Waals surface area contributed by atoms with E-state index in [0.717, 1.165) is 23.0 Å². The molecule has 2 N–H and O–H groups in total. The first-order valence-electron chi connectivity index (χ1n) is 6.95. The molecule has 1 unspecified atom stereocenters. The maximum absolute atomic E-state index is 12.0. The molecule has 3 nitrogen and oxygen atoms in total. The summed E-state index contributed by atoms with van der Waals surface area (Å²) in [4.78, 5) is 14.9. The summed E-state index contributed by atoms with van der Waals surface area (Å²) in [6.45, 7) is 6.60. The Hall–Kier alpha value is -1.77. The van der Waals surface area contributed by atoms with Gasteiger partial charge in [0.05, 0.1) is 0 Å². The van der Waals surface area contributed by atoms with Crippen LogP contribution in [-0.2, 0) is 0 Å². The molecule has 0 radical (unpaired) electrons. The molecule has 0 bridgehead atoms. The maximum atomic E-state index is 12.0. The Morgan fingerprint density at radius 3 is 2.63 bits per heavy atom. The van der Waals surface area contributed by atoms with Gasteiger partial charge in [-0.2, -0.15) is 0 Å². The molecular formula is C16H22N2O. The molecule has 2 aromatic rings. The Morgan fingerprint density at radius 1 is 1.16 bits per heavy atom. The van der Waals surface area contributed by atoms with Crippen LogP contribution in [0.3, 0.4) is 0 Å². The number of nitrogens with one attached hydrogen (secondary N) is 2. The SMILES string of the molecule is CC(C)CCC(C)Nc1cc2ccccc2c(=O)[nH]1. The summed E-state index contributed by atoms with van der Waals surface area (Å²) in [6.07, 6.45) is 2.29. The van der Waals surface area contributed by atoms with Crippen molar-refractivity contribution in [3.63, 3.8) is 0 Å². The van der Waals surface area contributed by atoms with Crippen LogP contribution in [0, 0.1) is 5.92 Å². The number of hydrogen-bond acceptors (Lipinski definition) is 2. The smallest absolute Gasteiger partial charge is 0.257 e. The van der Waals surface area contributed by atoms with Crippen molar-refractivity contribution >= 4 is 16.6 Å². The van der Waals surface area contributed by atoms with Crippen molar-refractivity contribution < 1.29 is 0 Å². The maximum Gasteiger partial charge on any atom is 0.257 e. The number of anilines is 1. The summed E-state index contributed by atoms with van der Waals surface area (Å²) < 4.78 is 0. The predicted octanol–water partition coefficient (Wildman–Crippen LogP) is 3.76. The summed E-state index contributed by atoms with van der Waals surface area (Å²) in [5, 5.41) is 5.09. The highest BCUT2D eigenvalue weighted by Gasteiger charge is 2.06. The van der Waals surface area contributed by atoms with Gasteiger partial charge in [0.2, 0.25) is 0 Å². The lowest BCUT2D eigenvalue weighted by Gasteiger charge is -2.16. The number of fused-ring (bicyclic) bond motifs is 1. The fourth-order valence-electron chi connectivity index (χ4n) is 2.21. The van der Waals surface area contributed by atoms with Crippen molar-refractivity contribution in [3.8, 4) is 0 Å². The van der Waals surface area contributed by atoms with Crippen LogP contribution in [0.5, 0.6) is 0 Å². The van der Waals surface area contributed by atoms with Crippen LogP contribution in [-0.4, -0.2) is 11.0 Å². The minimum Gasteiger partial charge on any atom is -0.369 e. The van der Waals surface area contributed by atoms with Gasteiger partial charge in [0.15, 0.2) is 0 Å². The average molecular weight is 258 g/mol. The highest BCUT2D eigenvalue weighted by molar-refractivity contribution is 5.83. The summed E-state index contributed by atoms with van der Waals surface area (Å²) in [5.74, 6) is 1.51. The van der Waals surface area contributed by atoms with Crippen molar-refractivity contribution in [2.24, 2.45) is 5.92 Å². The standard InChI is InChI=1S/C16H22N2O/c1-11(2)8-9-12(3)17-15-10-13-6-4-5-7-14(13)16(19)18-15/h4-7,10-12H,8-9H2,1-3H3,(H2,17,18,19). The number of pyridine rings is 1. The molecule has 0 aliphatic rings. The van der Waals surface area contributed by atoms with Gasteiger partial charge in [-0.25, -0.2) is 0 Å². The fourth-order valence-corrected chi connectivity index (χ4v) is 2.21. The second-order valence-electron chi connectivity index (χ2n) is 5.62. The Bertz CT molecular complexity index is 601. The molecule has 1 aromatic heterocycles. The topological polar surface area (TPSA) is 44.9 Å². The molecular weight excluding hydrogens is 236 g/mol. The van der Waals surface area contributed by atoms with E-state index in [-0.39, 0.29) is 5.56 Å². The average Bonchev–Trinajstić information content (AvgIpc) is 2.36. The van der Waals surface area contributed by atoms with Gasteiger partial charge in [0.25, 0.3) is 5.56 Å². The lowest BCUT2D eigenvalue weighted by Crippen LogP contribution is -2.19. The third kappa shape index (κ3) is 3.60. The molecule has 1 heterocycles. The van der Waals surface area contributed by atoms with Crippen molar-refractivity contribution in [1.82, 2.24) is 4.98 Å². The van der Waals surface area contributed by atoms with Gasteiger partial charge >= 0.3 is 0 Å². The molecule has 2 rings (SSSR count). The molecule has 0 aliphatic carbocycles. The van der Waals surface area contributed by atoms with Crippen LogP contribution in [0.15, 0.2) is 35.1 Å². The molecule has 1 aromatic carbocycles. The molecule has 3 heteroatoms. The number of hydrogen-bond donors (Lipinski definition) is 2. The van der Waals surface area contributed by atoms with E-state index in [2.05, 4.69) is 31.1 Å². The van der Waals surface area contributed by atoms with Crippen molar-refractivity contribution in [2.45, 2.75) is 39.7 Å². The van der Waals surface area contributed by atoms with Gasteiger partial charge in [0, 0.05) is 11.4 Å². The number of benzene rings is 1. The minimum absolute atomic E-state index is 0.0309. The highest BCUT2D eigenvalue weighted by atomic mass is 16.1. The van der Waals surface area contributed by atoms with Crippen LogP contribution in [0.25, 0.3) is 10.8 Å². The zero-order valence-electron chi connectivity index (χ0n) is 11.9. The number of H-pyrrole nitrogens is 1. The molecule has 0 aliphatic heterocycles. The Kier molecular flexibility index (Phi) is 4.25. The van der Waals surface area contributed by atoms with Gasteiger partial charge in [-0.05, 0) is 43.2 Å². The van der Waals surface area contributed by atoms with E-state index in [1.165, 1.54) is 6.42 Å². The normalized spacial score (nSPS) is 12.8. The molecule has 1 atom stereocenters. The zero-order valence-corrected chi connectivity index (χ0v) is 11.9. The van der Waals surface area contributed by atoms with Crippen LogP contribution in [0.1, 0.15) is 33.6 Å². The van der Waals surface area contributed by atoms with E-state index in [0.29, 0.717) is 12.0 Å². The summed E-state index contributed by atoms with van der Waals surface area (Å²) >= 11 is 0. The van der Waals surface area contributed by atoms with Gasteiger partial charge in [-0.15, -0.1) is 0 Å². The molecule has 0 saturated carbocycles. The second kappa shape index (κ2) is 5.91. The van der Waals surface area contributed by atoms with E-state index < -0.39 is 0 Å². The highest BCUT2D eigenvalue weighted by Crippen LogP contribution is 2.15. The van der Waals surface area contributed by atoms with Crippen LogP contribution < -0.4 is 10.9 Å². The van der Waals surface area contributed by atoms with Gasteiger partial charge in [-0.3, -0.25) is 4.79 Å². The van der Waals surface area contributed by atoms with E-state index in [1.807, 2.05) is 30.3 Å². The molecule has 0 saturated heterocycles. The third-order valence-corrected chi connectivity index (χ3v) is 3.33.